The van der Waals surface area contributed by atoms with E-state index in [1.165, 1.54) is 0 Å². The van der Waals surface area contributed by atoms with E-state index in [0.29, 0.717) is 13.0 Å². The van der Waals surface area contributed by atoms with E-state index in [1.54, 1.807) is 7.11 Å². The molecule has 1 amide bonds. The van der Waals surface area contributed by atoms with Crippen LogP contribution in [0.5, 0.6) is 11.5 Å². The van der Waals surface area contributed by atoms with Crippen LogP contribution in [0.15, 0.2) is 18.2 Å². The first-order valence-corrected chi connectivity index (χ1v) is 7.34. The Labute approximate surface area is 120 Å². The number of carbonyl (C=O) groups excluding carboxylic acids is 1. The lowest BCUT2D eigenvalue weighted by Crippen LogP contribution is -2.28. The van der Waals surface area contributed by atoms with Crippen LogP contribution in [0, 0.1) is 0 Å². The predicted octanol–water partition coefficient (Wildman–Crippen LogP) is 3.22. The van der Waals surface area contributed by atoms with Crippen molar-refractivity contribution in [3.05, 3.63) is 23.8 Å². The van der Waals surface area contributed by atoms with Gasteiger partial charge in [0.05, 0.1) is 19.8 Å². The third-order valence-corrected chi connectivity index (χ3v) is 3.58. The first-order valence-electron chi connectivity index (χ1n) is 7.34. The molecule has 1 heterocycles. The predicted molar refractivity (Wildman–Crippen MR) is 78.1 cm³/mol. The van der Waals surface area contributed by atoms with Gasteiger partial charge < -0.3 is 14.8 Å². The number of hydrogen-bond donors (Lipinski definition) is 1. The fraction of sp³-hybridized carbons (Fsp3) is 0.562. The number of carbonyl (C=O) groups is 1. The van der Waals surface area contributed by atoms with Gasteiger partial charge >= 0.3 is 0 Å². The van der Waals surface area contributed by atoms with Crippen molar-refractivity contribution in [2.45, 2.75) is 45.1 Å². The quantitative estimate of drug-likeness (QED) is 0.899. The largest absolute Gasteiger partial charge is 0.497 e. The zero-order chi connectivity index (χ0) is 14.4. The second-order valence-corrected chi connectivity index (χ2v) is 5.12. The van der Waals surface area contributed by atoms with Crippen LogP contribution in [0.4, 0.5) is 0 Å². The minimum Gasteiger partial charge on any atom is -0.497 e. The van der Waals surface area contributed by atoms with Crippen LogP contribution < -0.4 is 14.8 Å². The number of methoxy groups -OCH3 is 1. The van der Waals surface area contributed by atoms with Gasteiger partial charge in [-0.05, 0) is 31.4 Å². The van der Waals surface area contributed by atoms with Crippen LogP contribution in [0.25, 0.3) is 0 Å². The first kappa shape index (κ1) is 14.7. The number of nitrogens with one attached hydrogen (secondary N) is 1. The molecular weight excluding hydrogens is 254 g/mol. The highest BCUT2D eigenvalue weighted by molar-refractivity contribution is 5.76. The molecule has 0 bridgehead atoms. The normalized spacial score (nSPS) is 17.6. The Morgan fingerprint density at radius 2 is 2.35 bits per heavy atom. The molecule has 1 N–H and O–H groups in total. The molecule has 0 fully saturated rings. The Morgan fingerprint density at radius 3 is 3.10 bits per heavy atom. The van der Waals surface area contributed by atoms with Gasteiger partial charge in [0, 0.05) is 18.1 Å². The summed E-state index contributed by atoms with van der Waals surface area (Å²) >= 11 is 0. The number of ether oxygens (including phenoxy) is 2. The van der Waals surface area contributed by atoms with Crippen molar-refractivity contribution in [2.75, 3.05) is 13.7 Å². The summed E-state index contributed by atoms with van der Waals surface area (Å²) in [6, 6.07) is 5.84. The average molecular weight is 277 g/mol. The van der Waals surface area contributed by atoms with Crippen LogP contribution in [0.1, 0.15) is 50.6 Å². The van der Waals surface area contributed by atoms with Crippen molar-refractivity contribution in [3.63, 3.8) is 0 Å². The van der Waals surface area contributed by atoms with Crippen LogP contribution in [-0.2, 0) is 4.79 Å². The number of amides is 1. The van der Waals surface area contributed by atoms with Gasteiger partial charge in [0.25, 0.3) is 0 Å². The third kappa shape index (κ3) is 3.65. The van der Waals surface area contributed by atoms with Crippen LogP contribution in [0.2, 0.25) is 0 Å². The molecule has 1 unspecified atom stereocenters. The van der Waals surface area contributed by atoms with E-state index in [0.717, 1.165) is 42.7 Å². The Morgan fingerprint density at radius 1 is 1.50 bits per heavy atom. The molecule has 0 saturated heterocycles. The van der Waals surface area contributed by atoms with E-state index >= 15 is 0 Å². The average Bonchev–Trinajstić information content (AvgIpc) is 2.67. The minimum absolute atomic E-state index is 0.0442. The van der Waals surface area contributed by atoms with E-state index in [1.807, 2.05) is 18.2 Å². The second kappa shape index (κ2) is 7.17. The fourth-order valence-corrected chi connectivity index (χ4v) is 2.43. The molecule has 0 saturated carbocycles. The lowest BCUT2D eigenvalue weighted by molar-refractivity contribution is -0.122. The van der Waals surface area contributed by atoms with Crippen molar-refractivity contribution < 1.29 is 14.3 Å². The molecule has 1 aromatic carbocycles. The van der Waals surface area contributed by atoms with Gasteiger partial charge in [0.15, 0.2) is 0 Å². The number of rotatable bonds is 5. The fourth-order valence-electron chi connectivity index (χ4n) is 2.43. The summed E-state index contributed by atoms with van der Waals surface area (Å²) in [5.41, 5.74) is 1.05. The topological polar surface area (TPSA) is 47.6 Å². The highest BCUT2D eigenvalue weighted by Crippen LogP contribution is 2.34. The van der Waals surface area contributed by atoms with Crippen molar-refractivity contribution in [1.82, 2.24) is 5.32 Å². The highest BCUT2D eigenvalue weighted by Gasteiger charge is 2.21. The van der Waals surface area contributed by atoms with Crippen LogP contribution in [-0.4, -0.2) is 19.6 Å². The maximum Gasteiger partial charge on any atom is 0.220 e. The summed E-state index contributed by atoms with van der Waals surface area (Å²) in [6.45, 7) is 2.77. The summed E-state index contributed by atoms with van der Waals surface area (Å²) < 4.78 is 11.0. The molecule has 4 heteroatoms. The second-order valence-electron chi connectivity index (χ2n) is 5.12. The number of hydrogen-bond acceptors (Lipinski definition) is 3. The molecule has 1 atom stereocenters. The van der Waals surface area contributed by atoms with Gasteiger partial charge in [-0.15, -0.1) is 0 Å². The number of benzene rings is 1. The van der Waals surface area contributed by atoms with E-state index in [4.69, 9.17) is 9.47 Å². The van der Waals surface area contributed by atoms with Crippen molar-refractivity contribution in [2.24, 2.45) is 0 Å². The van der Waals surface area contributed by atoms with Gasteiger partial charge in [-0.2, -0.15) is 0 Å². The summed E-state index contributed by atoms with van der Waals surface area (Å²) in [7, 11) is 1.64. The Bertz CT molecular complexity index is 459. The molecular formula is C16H23NO3. The maximum absolute atomic E-state index is 11.9. The number of unbranched alkanes of at least 4 members (excludes halogenated alkanes) is 1. The van der Waals surface area contributed by atoms with Gasteiger partial charge in [-0.3, -0.25) is 4.79 Å². The molecule has 1 aliphatic rings. The summed E-state index contributed by atoms with van der Waals surface area (Å²) in [4.78, 5) is 11.9. The molecule has 20 heavy (non-hydrogen) atoms. The summed E-state index contributed by atoms with van der Waals surface area (Å²) in [5, 5.41) is 3.13. The first-order chi connectivity index (χ1) is 9.74. The van der Waals surface area contributed by atoms with Gasteiger partial charge in [0.2, 0.25) is 5.91 Å². The van der Waals surface area contributed by atoms with Crippen LogP contribution >= 0.6 is 0 Å². The molecule has 2 rings (SSSR count). The zero-order valence-corrected chi connectivity index (χ0v) is 12.3. The Kier molecular flexibility index (Phi) is 5.27. The third-order valence-electron chi connectivity index (χ3n) is 3.58. The van der Waals surface area contributed by atoms with E-state index < -0.39 is 0 Å². The molecule has 4 nitrogen and oxygen atoms in total. The van der Waals surface area contributed by atoms with Crippen molar-refractivity contribution in [3.8, 4) is 11.5 Å². The molecule has 1 aromatic rings. The monoisotopic (exact) mass is 277 g/mol. The number of fused-ring (bicyclic) bond motifs is 1. The Hall–Kier alpha value is -1.71. The van der Waals surface area contributed by atoms with Crippen molar-refractivity contribution >= 4 is 5.91 Å². The molecule has 110 valence electrons. The molecule has 0 radical (unpaired) electrons. The highest BCUT2D eigenvalue weighted by atomic mass is 16.5. The van der Waals surface area contributed by atoms with Crippen LogP contribution in [0.3, 0.4) is 0 Å². The molecule has 0 spiro atoms. The lowest BCUT2D eigenvalue weighted by atomic mass is 10.0. The molecule has 0 aromatic heterocycles. The van der Waals surface area contributed by atoms with E-state index in [-0.39, 0.29) is 11.9 Å². The van der Waals surface area contributed by atoms with E-state index in [9.17, 15) is 4.79 Å². The lowest BCUT2D eigenvalue weighted by Gasteiger charge is -2.19. The van der Waals surface area contributed by atoms with Crippen molar-refractivity contribution in [1.29, 1.82) is 0 Å². The molecule has 1 aliphatic heterocycles. The van der Waals surface area contributed by atoms with Gasteiger partial charge in [0.1, 0.15) is 11.5 Å². The van der Waals surface area contributed by atoms with Gasteiger partial charge in [-0.1, -0.05) is 13.3 Å². The SMILES string of the molecule is CCCCC(=O)NC1CCCOc2cc(OC)ccc21. The van der Waals surface area contributed by atoms with E-state index in [2.05, 4.69) is 12.2 Å². The summed E-state index contributed by atoms with van der Waals surface area (Å²) in [5.74, 6) is 1.73. The zero-order valence-electron chi connectivity index (χ0n) is 12.3. The van der Waals surface area contributed by atoms with Gasteiger partial charge in [-0.25, -0.2) is 0 Å². The smallest absolute Gasteiger partial charge is 0.220 e. The minimum atomic E-state index is 0.0442. The Balaban J connectivity index is 2.12. The molecule has 0 aliphatic carbocycles. The standard InChI is InChI=1S/C16H23NO3/c1-3-4-7-16(18)17-14-6-5-10-20-15-11-12(19-2)8-9-13(14)15/h8-9,11,14H,3-7,10H2,1-2H3,(H,17,18). The maximum atomic E-state index is 11.9. The summed E-state index contributed by atoms with van der Waals surface area (Å²) in [6.07, 6.45) is 4.42.